The van der Waals surface area contributed by atoms with E-state index in [1.807, 2.05) is 19.9 Å². The van der Waals surface area contributed by atoms with E-state index >= 15 is 0 Å². The monoisotopic (exact) mass is 247 g/mol. The van der Waals surface area contributed by atoms with Gasteiger partial charge in [0.05, 0.1) is 16.9 Å². The molecule has 1 aromatic rings. The Morgan fingerprint density at radius 2 is 2.17 bits per heavy atom. The highest BCUT2D eigenvalue weighted by atomic mass is 16.4. The fraction of sp³-hybridized carbons (Fsp3) is 0.462. The number of hydrogen-bond donors (Lipinski definition) is 2. The second kappa shape index (κ2) is 6.01. The lowest BCUT2D eigenvalue weighted by atomic mass is 10.1. The number of carboxylic acid groups (broad SMARTS) is 1. The molecule has 0 radical (unpaired) electrons. The highest BCUT2D eigenvalue weighted by molar-refractivity contribution is 5.90. The normalized spacial score (nSPS) is 10.2. The van der Waals surface area contributed by atoms with Crippen LogP contribution in [0.3, 0.4) is 0 Å². The molecule has 0 aliphatic heterocycles. The Morgan fingerprint density at radius 1 is 1.56 bits per heavy atom. The van der Waals surface area contributed by atoms with Crippen molar-refractivity contribution in [1.82, 2.24) is 4.98 Å². The van der Waals surface area contributed by atoms with Crippen LogP contribution in [0.1, 0.15) is 48.4 Å². The summed E-state index contributed by atoms with van der Waals surface area (Å²) in [5, 5.41) is 21.3. The van der Waals surface area contributed by atoms with E-state index in [9.17, 15) is 4.79 Å². The van der Waals surface area contributed by atoms with Crippen LogP contribution in [0.2, 0.25) is 0 Å². The summed E-state index contributed by atoms with van der Waals surface area (Å²) in [6.45, 7) is 5.66. The first-order valence-corrected chi connectivity index (χ1v) is 5.95. The quantitative estimate of drug-likeness (QED) is 0.835. The van der Waals surface area contributed by atoms with Gasteiger partial charge < -0.3 is 10.4 Å². The molecule has 2 N–H and O–H groups in total. The van der Waals surface area contributed by atoms with Gasteiger partial charge in [-0.25, -0.2) is 9.78 Å². The number of rotatable bonds is 5. The average Bonchev–Trinajstić information content (AvgIpc) is 2.36. The van der Waals surface area contributed by atoms with Crippen molar-refractivity contribution in [2.24, 2.45) is 0 Å². The molecule has 0 aromatic carbocycles. The number of nitrogens with one attached hydrogen (secondary N) is 1. The van der Waals surface area contributed by atoms with Crippen LogP contribution in [0.25, 0.3) is 0 Å². The van der Waals surface area contributed by atoms with Crippen molar-refractivity contribution in [3.63, 3.8) is 0 Å². The average molecular weight is 247 g/mol. The molecule has 5 heteroatoms. The van der Waals surface area contributed by atoms with Crippen molar-refractivity contribution >= 4 is 11.7 Å². The zero-order chi connectivity index (χ0) is 13.7. The molecule has 0 unspecified atom stereocenters. The van der Waals surface area contributed by atoms with Gasteiger partial charge >= 0.3 is 5.97 Å². The molecular weight excluding hydrogens is 230 g/mol. The summed E-state index contributed by atoms with van der Waals surface area (Å²) in [5.41, 5.74) is 1.22. The standard InChI is InChI=1S/C13H17N3O2/c1-4-9(5-2)16-11-6-10(13(17)18)8(3)15-12(11)7-14/h6,9,16H,4-5H2,1-3H3,(H,17,18). The predicted molar refractivity (Wildman–Crippen MR) is 68.6 cm³/mol. The van der Waals surface area contributed by atoms with E-state index in [1.165, 1.54) is 6.07 Å². The fourth-order valence-electron chi connectivity index (χ4n) is 1.73. The zero-order valence-corrected chi connectivity index (χ0v) is 10.8. The maximum atomic E-state index is 11.0. The summed E-state index contributed by atoms with van der Waals surface area (Å²) in [6, 6.07) is 3.69. The van der Waals surface area contributed by atoms with Crippen LogP contribution < -0.4 is 5.32 Å². The van der Waals surface area contributed by atoms with Gasteiger partial charge in [-0.3, -0.25) is 0 Å². The number of anilines is 1. The van der Waals surface area contributed by atoms with Gasteiger partial charge in [0, 0.05) is 6.04 Å². The largest absolute Gasteiger partial charge is 0.478 e. The summed E-state index contributed by atoms with van der Waals surface area (Å²) in [5.74, 6) is -1.03. The van der Waals surface area contributed by atoms with Crippen molar-refractivity contribution < 1.29 is 9.90 Å². The molecule has 1 aromatic heterocycles. The van der Waals surface area contributed by atoms with Gasteiger partial charge in [0.1, 0.15) is 6.07 Å². The number of hydrogen-bond acceptors (Lipinski definition) is 4. The molecule has 0 fully saturated rings. The van der Waals surface area contributed by atoms with Crippen LogP contribution in [0, 0.1) is 18.3 Å². The van der Waals surface area contributed by atoms with Crippen molar-refractivity contribution in [2.45, 2.75) is 39.7 Å². The number of carbonyl (C=O) groups is 1. The van der Waals surface area contributed by atoms with Gasteiger partial charge in [0.15, 0.2) is 5.69 Å². The third-order valence-corrected chi connectivity index (χ3v) is 2.89. The summed E-state index contributed by atoms with van der Waals surface area (Å²) < 4.78 is 0. The third kappa shape index (κ3) is 2.98. The van der Waals surface area contributed by atoms with E-state index in [2.05, 4.69) is 10.3 Å². The van der Waals surface area contributed by atoms with E-state index in [0.29, 0.717) is 11.4 Å². The number of aromatic nitrogens is 1. The number of nitriles is 1. The van der Waals surface area contributed by atoms with Crippen LogP contribution >= 0.6 is 0 Å². The molecule has 0 saturated heterocycles. The molecule has 0 aliphatic carbocycles. The van der Waals surface area contributed by atoms with E-state index in [0.717, 1.165) is 12.8 Å². The first-order valence-electron chi connectivity index (χ1n) is 5.95. The Balaban J connectivity index is 3.20. The molecule has 1 heterocycles. The highest BCUT2D eigenvalue weighted by Gasteiger charge is 2.15. The minimum Gasteiger partial charge on any atom is -0.478 e. The second-order valence-corrected chi connectivity index (χ2v) is 4.09. The second-order valence-electron chi connectivity index (χ2n) is 4.09. The topological polar surface area (TPSA) is 86.0 Å². The Kier molecular flexibility index (Phi) is 4.67. The molecule has 0 amide bonds. The van der Waals surface area contributed by atoms with E-state index < -0.39 is 5.97 Å². The Labute approximate surface area is 106 Å². The van der Waals surface area contributed by atoms with Crippen LogP contribution in [0.15, 0.2) is 6.07 Å². The number of pyridine rings is 1. The summed E-state index contributed by atoms with van der Waals surface area (Å²) >= 11 is 0. The highest BCUT2D eigenvalue weighted by Crippen LogP contribution is 2.20. The molecular formula is C13H17N3O2. The Hall–Kier alpha value is -2.09. The number of nitrogens with zero attached hydrogens (tertiary/aromatic N) is 2. The maximum Gasteiger partial charge on any atom is 0.337 e. The van der Waals surface area contributed by atoms with Gasteiger partial charge in [0.2, 0.25) is 0 Å². The molecule has 96 valence electrons. The number of aryl methyl sites for hydroxylation is 1. The van der Waals surface area contributed by atoms with Gasteiger partial charge in [-0.15, -0.1) is 0 Å². The van der Waals surface area contributed by atoms with Gasteiger partial charge in [0.25, 0.3) is 0 Å². The number of aromatic carboxylic acids is 1. The predicted octanol–water partition coefficient (Wildman–Crippen LogP) is 2.56. The molecule has 0 bridgehead atoms. The lowest BCUT2D eigenvalue weighted by Gasteiger charge is -2.17. The molecule has 0 spiro atoms. The van der Waals surface area contributed by atoms with Gasteiger partial charge in [-0.1, -0.05) is 13.8 Å². The van der Waals surface area contributed by atoms with Crippen LogP contribution in [-0.2, 0) is 0 Å². The van der Waals surface area contributed by atoms with E-state index in [4.69, 9.17) is 10.4 Å². The first kappa shape index (κ1) is 14.0. The molecule has 0 aliphatic rings. The fourth-order valence-corrected chi connectivity index (χ4v) is 1.73. The van der Waals surface area contributed by atoms with Gasteiger partial charge in [-0.2, -0.15) is 5.26 Å². The SMILES string of the molecule is CCC(CC)Nc1cc(C(=O)O)c(C)nc1C#N. The lowest BCUT2D eigenvalue weighted by molar-refractivity contribution is 0.0695. The number of carboxylic acids is 1. The minimum absolute atomic E-state index is 0.127. The van der Waals surface area contributed by atoms with Gasteiger partial charge in [-0.05, 0) is 25.8 Å². The van der Waals surface area contributed by atoms with Crippen molar-refractivity contribution in [2.75, 3.05) is 5.32 Å². The molecule has 18 heavy (non-hydrogen) atoms. The van der Waals surface area contributed by atoms with Crippen LogP contribution in [0.5, 0.6) is 0 Å². The summed E-state index contributed by atoms with van der Waals surface area (Å²) in [7, 11) is 0. The smallest absolute Gasteiger partial charge is 0.337 e. The Bertz CT molecular complexity index is 488. The summed E-state index contributed by atoms with van der Waals surface area (Å²) in [4.78, 5) is 15.1. The van der Waals surface area contributed by atoms with Crippen molar-refractivity contribution in [3.05, 3.63) is 23.0 Å². The molecule has 1 rings (SSSR count). The lowest BCUT2D eigenvalue weighted by Crippen LogP contribution is -2.19. The van der Waals surface area contributed by atoms with Crippen molar-refractivity contribution in [1.29, 1.82) is 5.26 Å². The maximum absolute atomic E-state index is 11.0. The minimum atomic E-state index is -1.03. The molecule has 5 nitrogen and oxygen atoms in total. The summed E-state index contributed by atoms with van der Waals surface area (Å²) in [6.07, 6.45) is 1.80. The van der Waals surface area contributed by atoms with Crippen molar-refractivity contribution in [3.8, 4) is 6.07 Å². The molecule has 0 saturated carbocycles. The Morgan fingerprint density at radius 3 is 2.61 bits per heavy atom. The van der Waals surface area contributed by atoms with E-state index in [1.54, 1.807) is 6.92 Å². The van der Waals surface area contributed by atoms with E-state index in [-0.39, 0.29) is 17.3 Å². The zero-order valence-electron chi connectivity index (χ0n) is 10.8. The van der Waals surface area contributed by atoms with Crippen LogP contribution in [0.4, 0.5) is 5.69 Å². The molecule has 0 atom stereocenters. The first-order chi connectivity index (χ1) is 8.53. The van der Waals surface area contributed by atoms with Crippen LogP contribution in [-0.4, -0.2) is 22.1 Å². The third-order valence-electron chi connectivity index (χ3n) is 2.89.